The van der Waals surface area contributed by atoms with Gasteiger partial charge in [0.15, 0.2) is 11.5 Å². The lowest BCUT2D eigenvalue weighted by molar-refractivity contribution is 0.0823. The summed E-state index contributed by atoms with van der Waals surface area (Å²) in [5.74, 6) is 1.02. The van der Waals surface area contributed by atoms with Crippen molar-refractivity contribution in [3.8, 4) is 11.5 Å². The quantitative estimate of drug-likeness (QED) is 0.884. The molecule has 1 aliphatic rings. The van der Waals surface area contributed by atoms with Crippen molar-refractivity contribution in [2.45, 2.75) is 24.8 Å². The van der Waals surface area contributed by atoms with Gasteiger partial charge in [-0.2, -0.15) is 0 Å². The molecule has 1 N–H and O–H groups in total. The number of carbonyl (C=O) groups is 1. The predicted molar refractivity (Wildman–Crippen MR) is 94.0 cm³/mol. The molecule has 1 saturated carbocycles. The van der Waals surface area contributed by atoms with Gasteiger partial charge in [0.25, 0.3) is 5.91 Å². The molecule has 0 heterocycles. The van der Waals surface area contributed by atoms with Crippen molar-refractivity contribution in [1.29, 1.82) is 0 Å². The maximum Gasteiger partial charge on any atom is 0.252 e. The Bertz CT molecular complexity index is 739. The van der Waals surface area contributed by atoms with Crippen LogP contribution in [-0.4, -0.2) is 20.1 Å². The smallest absolute Gasteiger partial charge is 0.252 e. The third kappa shape index (κ3) is 3.06. The minimum Gasteiger partial charge on any atom is -0.493 e. The Kier molecular flexibility index (Phi) is 4.67. The molecule has 0 unspecified atom stereocenters. The molecule has 1 amide bonds. The molecule has 3 rings (SSSR count). The fourth-order valence-electron chi connectivity index (χ4n) is 3.05. The first-order chi connectivity index (χ1) is 11.6. The number of methoxy groups -OCH3 is 2. The molecule has 0 atom stereocenters. The van der Waals surface area contributed by atoms with E-state index in [9.17, 15) is 4.79 Å². The summed E-state index contributed by atoms with van der Waals surface area (Å²) < 4.78 is 10.5. The molecule has 0 radical (unpaired) electrons. The predicted octanol–water partition coefficient (Wildman–Crippen LogP) is 4.17. The van der Waals surface area contributed by atoms with Crippen molar-refractivity contribution in [2.75, 3.05) is 14.2 Å². The van der Waals surface area contributed by atoms with Gasteiger partial charge in [-0.15, -0.1) is 0 Å². The van der Waals surface area contributed by atoms with Crippen molar-refractivity contribution in [3.05, 3.63) is 58.6 Å². The molecule has 0 bridgehead atoms. The normalized spacial score (nSPS) is 15.3. The Morgan fingerprint density at radius 3 is 2.25 bits per heavy atom. The van der Waals surface area contributed by atoms with Gasteiger partial charge in [-0.1, -0.05) is 23.7 Å². The molecule has 1 aliphatic carbocycles. The van der Waals surface area contributed by atoms with Crippen molar-refractivity contribution in [2.24, 2.45) is 0 Å². The number of carbonyl (C=O) groups excluding carboxylic acids is 1. The first-order valence-electron chi connectivity index (χ1n) is 7.88. The molecule has 5 heteroatoms. The number of hydrogen-bond donors (Lipinski definition) is 1. The SMILES string of the molecule is COc1ccc(C(=O)NC2(c3ccc(Cl)cc3)CCC2)cc1OC. The van der Waals surface area contributed by atoms with E-state index >= 15 is 0 Å². The zero-order valence-electron chi connectivity index (χ0n) is 13.8. The van der Waals surface area contributed by atoms with Crippen LogP contribution in [0.5, 0.6) is 11.5 Å². The van der Waals surface area contributed by atoms with Crippen LogP contribution in [0.1, 0.15) is 35.2 Å². The highest BCUT2D eigenvalue weighted by Gasteiger charge is 2.40. The lowest BCUT2D eigenvalue weighted by Gasteiger charge is -2.43. The Morgan fingerprint density at radius 2 is 1.71 bits per heavy atom. The van der Waals surface area contributed by atoms with Gasteiger partial charge < -0.3 is 14.8 Å². The van der Waals surface area contributed by atoms with Crippen molar-refractivity contribution in [1.82, 2.24) is 5.32 Å². The van der Waals surface area contributed by atoms with E-state index in [0.29, 0.717) is 22.1 Å². The summed E-state index contributed by atoms with van der Waals surface area (Å²) in [6.45, 7) is 0. The second kappa shape index (κ2) is 6.73. The van der Waals surface area contributed by atoms with Crippen molar-refractivity contribution in [3.63, 3.8) is 0 Å². The van der Waals surface area contributed by atoms with Gasteiger partial charge in [-0.25, -0.2) is 0 Å². The second-order valence-corrected chi connectivity index (χ2v) is 6.40. The molecule has 4 nitrogen and oxygen atoms in total. The maximum atomic E-state index is 12.7. The van der Waals surface area contributed by atoms with E-state index in [0.717, 1.165) is 24.8 Å². The van der Waals surface area contributed by atoms with Gasteiger partial charge in [0.05, 0.1) is 19.8 Å². The number of benzene rings is 2. The number of ether oxygens (including phenoxy) is 2. The van der Waals surface area contributed by atoms with Crippen LogP contribution in [0.3, 0.4) is 0 Å². The van der Waals surface area contributed by atoms with Crippen molar-refractivity contribution >= 4 is 17.5 Å². The topological polar surface area (TPSA) is 47.6 Å². The van der Waals surface area contributed by atoms with Gasteiger partial charge >= 0.3 is 0 Å². The highest BCUT2D eigenvalue weighted by Crippen LogP contribution is 2.42. The molecule has 0 saturated heterocycles. The van der Waals surface area contributed by atoms with E-state index in [1.54, 1.807) is 32.4 Å². The van der Waals surface area contributed by atoms with Crippen LogP contribution in [0.25, 0.3) is 0 Å². The standard InChI is InChI=1S/C19H20ClNO3/c1-23-16-9-4-13(12-17(16)24-2)18(22)21-19(10-3-11-19)14-5-7-15(20)8-6-14/h4-9,12H,3,10-11H2,1-2H3,(H,21,22). The molecular weight excluding hydrogens is 326 g/mol. The third-order valence-electron chi connectivity index (χ3n) is 4.60. The van der Waals surface area contributed by atoms with E-state index in [1.165, 1.54) is 0 Å². The zero-order valence-corrected chi connectivity index (χ0v) is 14.5. The largest absolute Gasteiger partial charge is 0.493 e. The summed E-state index contributed by atoms with van der Waals surface area (Å²) in [5.41, 5.74) is 1.33. The van der Waals surface area contributed by atoms with Crippen LogP contribution in [0, 0.1) is 0 Å². The highest BCUT2D eigenvalue weighted by molar-refractivity contribution is 6.30. The van der Waals surface area contributed by atoms with Gasteiger partial charge in [-0.3, -0.25) is 4.79 Å². The number of amides is 1. The summed E-state index contributed by atoms with van der Waals surface area (Å²) in [6.07, 6.45) is 2.94. The molecule has 2 aromatic rings. The molecule has 0 aromatic heterocycles. The van der Waals surface area contributed by atoms with Gasteiger partial charge in [0.2, 0.25) is 0 Å². The van der Waals surface area contributed by atoms with Crippen LogP contribution in [0.4, 0.5) is 0 Å². The van der Waals surface area contributed by atoms with Gasteiger partial charge in [0.1, 0.15) is 0 Å². The van der Waals surface area contributed by atoms with Crippen LogP contribution in [0.2, 0.25) is 5.02 Å². The monoisotopic (exact) mass is 345 g/mol. The van der Waals surface area contributed by atoms with E-state index in [-0.39, 0.29) is 11.4 Å². The summed E-state index contributed by atoms with van der Waals surface area (Å²) >= 11 is 5.97. The van der Waals surface area contributed by atoms with E-state index in [4.69, 9.17) is 21.1 Å². The minimum absolute atomic E-state index is 0.120. The second-order valence-electron chi connectivity index (χ2n) is 5.97. The zero-order chi connectivity index (χ0) is 17.2. The number of rotatable bonds is 5. The van der Waals surface area contributed by atoms with Crippen LogP contribution < -0.4 is 14.8 Å². The highest BCUT2D eigenvalue weighted by atomic mass is 35.5. The Labute approximate surface area is 146 Å². The molecule has 126 valence electrons. The van der Waals surface area contributed by atoms with Crippen LogP contribution in [0.15, 0.2) is 42.5 Å². The lowest BCUT2D eigenvalue weighted by atomic mass is 9.71. The molecule has 1 fully saturated rings. The molecule has 24 heavy (non-hydrogen) atoms. The minimum atomic E-state index is -0.311. The fraction of sp³-hybridized carbons (Fsp3) is 0.316. The average molecular weight is 346 g/mol. The summed E-state index contributed by atoms with van der Waals surface area (Å²) in [4.78, 5) is 12.7. The lowest BCUT2D eigenvalue weighted by Crippen LogP contribution is -2.50. The van der Waals surface area contributed by atoms with Gasteiger partial charge in [-0.05, 0) is 55.2 Å². The molecular formula is C19H20ClNO3. The summed E-state index contributed by atoms with van der Waals surface area (Å²) in [5, 5.41) is 3.89. The Morgan fingerprint density at radius 1 is 1.04 bits per heavy atom. The van der Waals surface area contributed by atoms with E-state index in [2.05, 4.69) is 5.32 Å². The van der Waals surface area contributed by atoms with E-state index < -0.39 is 0 Å². The number of nitrogens with one attached hydrogen (secondary N) is 1. The van der Waals surface area contributed by atoms with E-state index in [1.807, 2.05) is 24.3 Å². The molecule has 2 aromatic carbocycles. The maximum absolute atomic E-state index is 12.7. The molecule has 0 aliphatic heterocycles. The number of halogens is 1. The first kappa shape index (κ1) is 16.7. The average Bonchev–Trinajstić information content (AvgIpc) is 2.58. The summed E-state index contributed by atoms with van der Waals surface area (Å²) in [7, 11) is 3.13. The molecule has 0 spiro atoms. The third-order valence-corrected chi connectivity index (χ3v) is 4.85. The van der Waals surface area contributed by atoms with Crippen LogP contribution >= 0.6 is 11.6 Å². The first-order valence-corrected chi connectivity index (χ1v) is 8.26. The van der Waals surface area contributed by atoms with Crippen molar-refractivity contribution < 1.29 is 14.3 Å². The Balaban J connectivity index is 1.84. The summed E-state index contributed by atoms with van der Waals surface area (Å²) in [6, 6.07) is 12.9. The number of hydrogen-bond acceptors (Lipinski definition) is 3. The fourth-order valence-corrected chi connectivity index (χ4v) is 3.18. The van der Waals surface area contributed by atoms with Gasteiger partial charge in [0, 0.05) is 10.6 Å². The Hall–Kier alpha value is -2.20. The van der Waals surface area contributed by atoms with Crippen LogP contribution in [-0.2, 0) is 5.54 Å².